The van der Waals surface area contributed by atoms with Crippen molar-refractivity contribution in [2.75, 3.05) is 12.4 Å². The first-order chi connectivity index (χ1) is 16.9. The number of fused-ring (bicyclic) bond motifs is 1. The summed E-state index contributed by atoms with van der Waals surface area (Å²) < 4.78 is 5.03. The van der Waals surface area contributed by atoms with E-state index in [1.165, 1.54) is 37.1 Å². The summed E-state index contributed by atoms with van der Waals surface area (Å²) in [4.78, 5) is 43.4. The third-order valence-corrected chi connectivity index (χ3v) is 7.06. The molecule has 2 aliphatic rings. The summed E-state index contributed by atoms with van der Waals surface area (Å²) in [5.41, 5.74) is 0.545. The number of hydrogen-bond acceptors (Lipinski definition) is 7. The number of nitro groups is 1. The minimum atomic E-state index is -0.651. The van der Waals surface area contributed by atoms with Crippen LogP contribution in [0.1, 0.15) is 19.3 Å². The van der Waals surface area contributed by atoms with Gasteiger partial charge in [-0.05, 0) is 36.4 Å². The molecule has 1 saturated heterocycles. The summed E-state index contributed by atoms with van der Waals surface area (Å²) in [5.74, 6) is -0.326. The van der Waals surface area contributed by atoms with E-state index in [1.807, 2.05) is 42.5 Å². The predicted molar refractivity (Wildman–Crippen MR) is 135 cm³/mol. The van der Waals surface area contributed by atoms with Crippen LogP contribution in [0.2, 0.25) is 0 Å². The molecule has 0 bridgehead atoms. The number of nitrogens with one attached hydrogen (secondary N) is 1. The second kappa shape index (κ2) is 9.38. The highest BCUT2D eigenvalue weighted by molar-refractivity contribution is 8.15. The standard InChI is InChI=1S/C25H22N4O5S/c1-34-17-11-12-20(21(13-17)29(32)33)26-23(30)14-22-24(31)28(16-9-10-16)25(35-22)27-19-8-4-6-15-5-2-3-7-18(15)19/h2-8,11-13,16,22H,9-10,14H2,1H3,(H,26,30). The molecule has 35 heavy (non-hydrogen) atoms. The SMILES string of the molecule is COc1ccc(NC(=O)CC2SC(=Nc3cccc4ccccc34)N(C3CC3)C2=O)c([N+](=O)[O-])c1. The van der Waals surface area contributed by atoms with Crippen LogP contribution in [0.4, 0.5) is 17.1 Å². The van der Waals surface area contributed by atoms with Crippen LogP contribution in [0, 0.1) is 10.1 Å². The average Bonchev–Trinajstić information content (AvgIpc) is 3.64. The molecule has 2 amide bonds. The zero-order valence-corrected chi connectivity index (χ0v) is 19.7. The first-order valence-corrected chi connectivity index (χ1v) is 12.0. The van der Waals surface area contributed by atoms with E-state index >= 15 is 0 Å². The molecule has 1 heterocycles. The van der Waals surface area contributed by atoms with Gasteiger partial charge in [0.25, 0.3) is 5.69 Å². The topological polar surface area (TPSA) is 114 Å². The Morgan fingerprint density at radius 2 is 1.97 bits per heavy atom. The first-order valence-electron chi connectivity index (χ1n) is 11.1. The molecule has 3 aromatic carbocycles. The van der Waals surface area contributed by atoms with Gasteiger partial charge in [0.15, 0.2) is 5.17 Å². The molecule has 1 aliphatic heterocycles. The summed E-state index contributed by atoms with van der Waals surface area (Å²) in [7, 11) is 1.41. The van der Waals surface area contributed by atoms with Crippen molar-refractivity contribution in [1.82, 2.24) is 4.90 Å². The number of methoxy groups -OCH3 is 1. The third-order valence-electron chi connectivity index (χ3n) is 5.91. The van der Waals surface area contributed by atoms with Gasteiger partial charge in [-0.25, -0.2) is 4.99 Å². The second-order valence-electron chi connectivity index (χ2n) is 8.33. The van der Waals surface area contributed by atoms with E-state index in [0.717, 1.165) is 29.3 Å². The third kappa shape index (κ3) is 4.69. The maximum atomic E-state index is 13.2. The van der Waals surface area contributed by atoms with Crippen LogP contribution in [0.15, 0.2) is 65.7 Å². The lowest BCUT2D eigenvalue weighted by molar-refractivity contribution is -0.384. The molecule has 0 spiro atoms. The zero-order valence-electron chi connectivity index (χ0n) is 18.8. The number of thioether (sulfide) groups is 1. The Balaban J connectivity index is 1.37. The molecule has 1 N–H and O–H groups in total. The van der Waals surface area contributed by atoms with Gasteiger partial charge in [0.2, 0.25) is 11.8 Å². The summed E-state index contributed by atoms with van der Waals surface area (Å²) in [6, 6.07) is 18.1. The number of hydrogen-bond donors (Lipinski definition) is 1. The van der Waals surface area contributed by atoms with Crippen LogP contribution >= 0.6 is 11.8 Å². The van der Waals surface area contributed by atoms with E-state index in [0.29, 0.717) is 10.9 Å². The molecule has 10 heteroatoms. The first kappa shape index (κ1) is 22.9. The van der Waals surface area contributed by atoms with Crippen LogP contribution in [0.3, 0.4) is 0 Å². The molecule has 0 radical (unpaired) electrons. The number of aliphatic imine (C=N–C) groups is 1. The van der Waals surface area contributed by atoms with Crippen molar-refractivity contribution in [2.24, 2.45) is 4.99 Å². The maximum absolute atomic E-state index is 13.2. The Morgan fingerprint density at radius 1 is 1.20 bits per heavy atom. The van der Waals surface area contributed by atoms with Crippen molar-refractivity contribution in [3.63, 3.8) is 0 Å². The van der Waals surface area contributed by atoms with Gasteiger partial charge in [-0.2, -0.15) is 0 Å². The normalized spacial score (nSPS) is 18.8. The van der Waals surface area contributed by atoms with Gasteiger partial charge in [0, 0.05) is 17.8 Å². The van der Waals surface area contributed by atoms with Gasteiger partial charge < -0.3 is 10.1 Å². The van der Waals surface area contributed by atoms with E-state index in [1.54, 1.807) is 4.90 Å². The Hall–Kier alpha value is -3.92. The lowest BCUT2D eigenvalue weighted by atomic mass is 10.1. The number of benzene rings is 3. The van der Waals surface area contributed by atoms with Crippen LogP contribution in [-0.2, 0) is 9.59 Å². The summed E-state index contributed by atoms with van der Waals surface area (Å²) in [5, 5.41) is 16.0. The number of amides is 2. The monoisotopic (exact) mass is 490 g/mol. The summed E-state index contributed by atoms with van der Waals surface area (Å²) >= 11 is 1.27. The van der Waals surface area contributed by atoms with Crippen LogP contribution < -0.4 is 10.1 Å². The average molecular weight is 491 g/mol. The number of nitrogens with zero attached hydrogens (tertiary/aromatic N) is 3. The van der Waals surface area contributed by atoms with E-state index in [9.17, 15) is 19.7 Å². The number of carbonyl (C=O) groups is 2. The minimum Gasteiger partial charge on any atom is -0.496 e. The Morgan fingerprint density at radius 3 is 2.71 bits per heavy atom. The Bertz CT molecular complexity index is 1370. The van der Waals surface area contributed by atoms with Crippen LogP contribution in [-0.4, -0.2) is 45.2 Å². The lowest BCUT2D eigenvalue weighted by Gasteiger charge is -2.15. The van der Waals surface area contributed by atoms with Crippen molar-refractivity contribution >= 4 is 56.6 Å². The fraction of sp³-hybridized carbons (Fsp3) is 0.240. The molecular weight excluding hydrogens is 468 g/mol. The Labute approximate surface area is 205 Å². The van der Waals surface area contributed by atoms with Gasteiger partial charge in [-0.15, -0.1) is 0 Å². The van der Waals surface area contributed by atoms with Crippen LogP contribution in [0.5, 0.6) is 5.75 Å². The number of anilines is 1. The molecule has 5 rings (SSSR count). The highest BCUT2D eigenvalue weighted by Crippen LogP contribution is 2.40. The zero-order chi connectivity index (χ0) is 24.5. The van der Waals surface area contributed by atoms with Gasteiger partial charge in [-0.1, -0.05) is 48.2 Å². The largest absolute Gasteiger partial charge is 0.496 e. The van der Waals surface area contributed by atoms with Gasteiger partial charge in [-0.3, -0.25) is 24.6 Å². The number of rotatable bonds is 7. The quantitative estimate of drug-likeness (QED) is 0.373. The van der Waals surface area contributed by atoms with E-state index in [2.05, 4.69) is 5.32 Å². The van der Waals surface area contributed by atoms with Crippen LogP contribution in [0.25, 0.3) is 10.8 Å². The highest BCUT2D eigenvalue weighted by Gasteiger charge is 2.46. The van der Waals surface area contributed by atoms with Crippen molar-refractivity contribution < 1.29 is 19.2 Å². The molecule has 3 aromatic rings. The number of carbonyl (C=O) groups excluding carboxylic acids is 2. The second-order valence-corrected chi connectivity index (χ2v) is 9.50. The molecule has 9 nitrogen and oxygen atoms in total. The predicted octanol–water partition coefficient (Wildman–Crippen LogP) is 4.88. The fourth-order valence-corrected chi connectivity index (χ4v) is 5.24. The van der Waals surface area contributed by atoms with Gasteiger partial charge in [0.1, 0.15) is 16.7 Å². The van der Waals surface area contributed by atoms with Crippen molar-refractivity contribution in [2.45, 2.75) is 30.6 Å². The lowest BCUT2D eigenvalue weighted by Crippen LogP contribution is -2.35. The number of amidine groups is 1. The Kier molecular flexibility index (Phi) is 6.12. The summed E-state index contributed by atoms with van der Waals surface area (Å²) in [6.07, 6.45) is 1.68. The minimum absolute atomic E-state index is 0.0555. The van der Waals surface area contributed by atoms with Crippen molar-refractivity contribution in [1.29, 1.82) is 0 Å². The highest BCUT2D eigenvalue weighted by atomic mass is 32.2. The number of ether oxygens (including phenoxy) is 1. The van der Waals surface area contributed by atoms with E-state index in [4.69, 9.17) is 9.73 Å². The molecule has 1 unspecified atom stereocenters. The summed E-state index contributed by atoms with van der Waals surface area (Å²) in [6.45, 7) is 0. The molecule has 2 fully saturated rings. The van der Waals surface area contributed by atoms with E-state index in [-0.39, 0.29) is 29.7 Å². The van der Waals surface area contributed by atoms with E-state index < -0.39 is 16.1 Å². The fourth-order valence-electron chi connectivity index (χ4n) is 4.04. The maximum Gasteiger partial charge on any atom is 0.296 e. The molecular formula is C25H22N4O5S. The number of nitro benzene ring substituents is 1. The molecule has 1 atom stereocenters. The van der Waals surface area contributed by atoms with Crippen molar-refractivity contribution in [3.05, 3.63) is 70.8 Å². The van der Waals surface area contributed by atoms with Crippen molar-refractivity contribution in [3.8, 4) is 5.75 Å². The smallest absolute Gasteiger partial charge is 0.296 e. The molecule has 1 aliphatic carbocycles. The van der Waals surface area contributed by atoms with Gasteiger partial charge in [0.05, 0.1) is 23.8 Å². The molecule has 0 aromatic heterocycles. The molecule has 1 saturated carbocycles. The molecule has 178 valence electrons. The van der Waals surface area contributed by atoms with Gasteiger partial charge >= 0.3 is 0 Å².